The average Bonchev–Trinajstić information content (AvgIpc) is 2.47. The third kappa shape index (κ3) is 3.92. The summed E-state index contributed by atoms with van der Waals surface area (Å²) < 4.78 is 15.4. The van der Waals surface area contributed by atoms with E-state index >= 15 is 0 Å². The molecule has 0 aliphatic carbocycles. The lowest BCUT2D eigenvalue weighted by Gasteiger charge is -2.08. The van der Waals surface area contributed by atoms with Crippen LogP contribution in [0.2, 0.25) is 0 Å². The van der Waals surface area contributed by atoms with Gasteiger partial charge in [0, 0.05) is 18.4 Å². The predicted octanol–water partition coefficient (Wildman–Crippen LogP) is 1.35. The van der Waals surface area contributed by atoms with Crippen LogP contribution in [0.25, 0.3) is 0 Å². The van der Waals surface area contributed by atoms with E-state index < -0.39 is 11.2 Å². The molecule has 1 aromatic carbocycles. The first-order valence-corrected chi connectivity index (χ1v) is 7.20. The summed E-state index contributed by atoms with van der Waals surface area (Å²) in [6.07, 6.45) is 3.41. The average molecular weight is 306 g/mol. The first-order chi connectivity index (χ1) is 10.5. The second-order valence-electron chi connectivity index (χ2n) is 5.31. The van der Waals surface area contributed by atoms with Gasteiger partial charge in [0.1, 0.15) is 5.82 Å². The van der Waals surface area contributed by atoms with Crippen LogP contribution in [-0.4, -0.2) is 21.3 Å². The van der Waals surface area contributed by atoms with Crippen molar-refractivity contribution < 1.29 is 9.50 Å². The number of nitrogens with zero attached hydrogens (tertiary/aromatic N) is 1. The maximum Gasteiger partial charge on any atom is 0.328 e. The fourth-order valence-electron chi connectivity index (χ4n) is 2.25. The van der Waals surface area contributed by atoms with E-state index in [1.807, 2.05) is 0 Å². The molecule has 1 heterocycles. The predicted molar refractivity (Wildman–Crippen MR) is 81.6 cm³/mol. The molecule has 0 radical (unpaired) electrons. The van der Waals surface area contributed by atoms with Gasteiger partial charge >= 0.3 is 5.69 Å². The van der Waals surface area contributed by atoms with E-state index in [2.05, 4.69) is 4.98 Å². The Morgan fingerprint density at radius 2 is 2.05 bits per heavy atom. The molecule has 0 saturated carbocycles. The van der Waals surface area contributed by atoms with Gasteiger partial charge in [-0.1, -0.05) is 12.1 Å². The first kappa shape index (κ1) is 16.2. The van der Waals surface area contributed by atoms with Crippen LogP contribution in [-0.2, 0) is 13.0 Å². The molecule has 0 unspecified atom stereocenters. The topological polar surface area (TPSA) is 75.1 Å². The third-order valence-electron chi connectivity index (χ3n) is 3.51. The highest BCUT2D eigenvalue weighted by atomic mass is 19.1. The molecule has 5 nitrogen and oxygen atoms in total. The fourth-order valence-corrected chi connectivity index (χ4v) is 2.25. The van der Waals surface area contributed by atoms with E-state index in [0.29, 0.717) is 29.5 Å². The van der Waals surface area contributed by atoms with Gasteiger partial charge in [-0.05, 0) is 43.4 Å². The quantitative estimate of drug-likeness (QED) is 0.791. The Balaban J connectivity index is 2.17. The smallest absolute Gasteiger partial charge is 0.328 e. The molecule has 1 aromatic heterocycles. The van der Waals surface area contributed by atoms with Crippen LogP contribution in [0.15, 0.2) is 34.0 Å². The highest BCUT2D eigenvalue weighted by Crippen LogP contribution is 2.14. The van der Waals surface area contributed by atoms with Gasteiger partial charge in [-0.2, -0.15) is 0 Å². The van der Waals surface area contributed by atoms with Crippen molar-refractivity contribution in [1.29, 1.82) is 0 Å². The van der Waals surface area contributed by atoms with Crippen LogP contribution in [0.5, 0.6) is 0 Å². The van der Waals surface area contributed by atoms with Crippen molar-refractivity contribution in [3.63, 3.8) is 0 Å². The summed E-state index contributed by atoms with van der Waals surface area (Å²) in [6.45, 7) is 1.91. The Hall–Kier alpha value is -2.21. The van der Waals surface area contributed by atoms with Crippen molar-refractivity contribution in [2.75, 3.05) is 6.61 Å². The molecule has 2 rings (SSSR count). The highest BCUT2D eigenvalue weighted by molar-refractivity contribution is 5.25. The molecule has 0 aliphatic rings. The molecule has 6 heteroatoms. The lowest BCUT2D eigenvalue weighted by Crippen LogP contribution is -2.31. The Bertz CT molecular complexity index is 765. The number of aryl methyl sites for hydroxylation is 2. The zero-order valence-electron chi connectivity index (χ0n) is 12.4. The molecular formula is C16H19FN2O3. The number of H-pyrrole nitrogens is 1. The van der Waals surface area contributed by atoms with E-state index in [1.54, 1.807) is 19.1 Å². The van der Waals surface area contributed by atoms with E-state index in [1.165, 1.54) is 16.8 Å². The minimum atomic E-state index is -0.511. The molecule has 0 saturated heterocycles. The van der Waals surface area contributed by atoms with Gasteiger partial charge in [-0.15, -0.1) is 0 Å². The van der Waals surface area contributed by atoms with Crippen molar-refractivity contribution in [2.45, 2.75) is 32.7 Å². The van der Waals surface area contributed by atoms with Gasteiger partial charge < -0.3 is 5.11 Å². The van der Waals surface area contributed by atoms with Gasteiger partial charge in [0.25, 0.3) is 5.56 Å². The molecule has 2 N–H and O–H groups in total. The van der Waals surface area contributed by atoms with E-state index in [-0.39, 0.29) is 19.0 Å². The number of aliphatic hydroxyl groups is 1. The number of aromatic amines is 1. The van der Waals surface area contributed by atoms with Crippen molar-refractivity contribution in [3.8, 4) is 0 Å². The summed E-state index contributed by atoms with van der Waals surface area (Å²) in [7, 11) is 0. The summed E-state index contributed by atoms with van der Waals surface area (Å²) >= 11 is 0. The first-order valence-electron chi connectivity index (χ1n) is 7.20. The van der Waals surface area contributed by atoms with Crippen LogP contribution < -0.4 is 11.2 Å². The van der Waals surface area contributed by atoms with E-state index in [9.17, 15) is 14.0 Å². The summed E-state index contributed by atoms with van der Waals surface area (Å²) in [4.78, 5) is 25.3. The number of aliphatic hydroxyl groups excluding tert-OH is 1. The van der Waals surface area contributed by atoms with Gasteiger partial charge in [0.05, 0.1) is 6.54 Å². The molecule has 118 valence electrons. The lowest BCUT2D eigenvalue weighted by molar-refractivity contribution is 0.284. The number of unbranched alkanes of at least 4 members (excludes halogenated alkanes) is 1. The number of benzene rings is 1. The fraction of sp³-hybridized carbons (Fsp3) is 0.375. The third-order valence-corrected chi connectivity index (χ3v) is 3.51. The Labute approximate surface area is 127 Å². The maximum absolute atomic E-state index is 14.0. The standard InChI is InChI=1S/C16H19FN2O3/c1-11-9-19(16(22)18-15(11)21)10-12-5-6-13(14(17)8-12)4-2-3-7-20/h5-6,8-9,20H,2-4,7,10H2,1H3,(H,18,21,22). The molecule has 2 aromatic rings. The second-order valence-corrected chi connectivity index (χ2v) is 5.31. The highest BCUT2D eigenvalue weighted by Gasteiger charge is 2.06. The van der Waals surface area contributed by atoms with Crippen LogP contribution >= 0.6 is 0 Å². The molecule has 0 spiro atoms. The number of aromatic nitrogens is 2. The number of nitrogens with one attached hydrogen (secondary N) is 1. The van der Waals surface area contributed by atoms with Crippen molar-refractivity contribution in [2.24, 2.45) is 0 Å². The van der Waals surface area contributed by atoms with Crippen molar-refractivity contribution in [1.82, 2.24) is 9.55 Å². The maximum atomic E-state index is 14.0. The van der Waals surface area contributed by atoms with Crippen molar-refractivity contribution >= 4 is 0 Å². The van der Waals surface area contributed by atoms with Crippen LogP contribution in [0.1, 0.15) is 29.5 Å². The molecule has 0 amide bonds. The molecular weight excluding hydrogens is 287 g/mol. The van der Waals surface area contributed by atoms with Crippen LogP contribution in [0, 0.1) is 12.7 Å². The van der Waals surface area contributed by atoms with Gasteiger partial charge in [-0.3, -0.25) is 14.3 Å². The Morgan fingerprint density at radius 1 is 1.27 bits per heavy atom. The van der Waals surface area contributed by atoms with E-state index in [0.717, 1.165) is 6.42 Å². The van der Waals surface area contributed by atoms with E-state index in [4.69, 9.17) is 5.11 Å². The number of halogens is 1. The largest absolute Gasteiger partial charge is 0.396 e. The lowest BCUT2D eigenvalue weighted by atomic mass is 10.1. The summed E-state index contributed by atoms with van der Waals surface area (Å²) in [5.74, 6) is -0.315. The minimum absolute atomic E-state index is 0.105. The van der Waals surface area contributed by atoms with Gasteiger partial charge in [0.15, 0.2) is 0 Å². The molecule has 0 bridgehead atoms. The number of hydrogen-bond acceptors (Lipinski definition) is 3. The van der Waals surface area contributed by atoms with Crippen molar-refractivity contribution in [3.05, 3.63) is 67.7 Å². The molecule has 0 fully saturated rings. The van der Waals surface area contributed by atoms with Crippen LogP contribution in [0.4, 0.5) is 4.39 Å². The summed E-state index contributed by atoms with van der Waals surface area (Å²) in [5.41, 5.74) is 0.759. The second kappa shape index (κ2) is 7.17. The van der Waals surface area contributed by atoms with Crippen LogP contribution in [0.3, 0.4) is 0 Å². The zero-order chi connectivity index (χ0) is 16.1. The Morgan fingerprint density at radius 3 is 2.73 bits per heavy atom. The minimum Gasteiger partial charge on any atom is -0.396 e. The summed E-state index contributed by atoms with van der Waals surface area (Å²) in [6, 6.07) is 4.87. The number of hydrogen-bond donors (Lipinski definition) is 2. The SMILES string of the molecule is Cc1cn(Cc2ccc(CCCCO)c(F)c2)c(=O)[nH]c1=O. The van der Waals surface area contributed by atoms with Gasteiger partial charge in [0.2, 0.25) is 0 Å². The monoisotopic (exact) mass is 306 g/mol. The number of rotatable bonds is 6. The zero-order valence-corrected chi connectivity index (χ0v) is 12.4. The Kier molecular flexibility index (Phi) is 5.27. The molecule has 22 heavy (non-hydrogen) atoms. The molecule has 0 aliphatic heterocycles. The normalized spacial score (nSPS) is 10.9. The molecule has 0 atom stereocenters. The summed E-state index contributed by atoms with van der Waals surface area (Å²) in [5, 5.41) is 8.74. The van der Waals surface area contributed by atoms with Gasteiger partial charge in [-0.25, -0.2) is 9.18 Å².